The van der Waals surface area contributed by atoms with Crippen LogP contribution in [-0.2, 0) is 6.54 Å². The van der Waals surface area contributed by atoms with Gasteiger partial charge in [0.25, 0.3) is 5.91 Å². The molecule has 0 N–H and O–H groups in total. The van der Waals surface area contributed by atoms with E-state index in [9.17, 15) is 4.79 Å². The highest BCUT2D eigenvalue weighted by atomic mass is 79.9. The van der Waals surface area contributed by atoms with Crippen LogP contribution in [-0.4, -0.2) is 21.9 Å². The molecule has 0 fully saturated rings. The van der Waals surface area contributed by atoms with Crippen LogP contribution in [0.1, 0.15) is 34.7 Å². The van der Waals surface area contributed by atoms with Crippen molar-refractivity contribution in [2.24, 2.45) is 0 Å². The van der Waals surface area contributed by atoms with Gasteiger partial charge in [-0.1, -0.05) is 11.6 Å². The van der Waals surface area contributed by atoms with Crippen LogP contribution in [0.3, 0.4) is 0 Å². The van der Waals surface area contributed by atoms with Crippen LogP contribution < -0.4 is 0 Å². The molecule has 1 aromatic carbocycles. The second-order valence-electron chi connectivity index (χ2n) is 5.35. The zero-order valence-corrected chi connectivity index (χ0v) is 14.3. The summed E-state index contributed by atoms with van der Waals surface area (Å²) in [6.07, 6.45) is 0. The van der Waals surface area contributed by atoms with Crippen LogP contribution in [0.15, 0.2) is 34.8 Å². The van der Waals surface area contributed by atoms with Crippen LogP contribution in [0.2, 0.25) is 5.02 Å². The highest BCUT2D eigenvalue weighted by Crippen LogP contribution is 2.30. The van der Waals surface area contributed by atoms with Crippen LogP contribution in [0.25, 0.3) is 0 Å². The van der Waals surface area contributed by atoms with Crippen molar-refractivity contribution < 1.29 is 4.79 Å². The van der Waals surface area contributed by atoms with Gasteiger partial charge >= 0.3 is 0 Å². The minimum Gasteiger partial charge on any atom is -0.345 e. The van der Waals surface area contributed by atoms with Crippen LogP contribution >= 0.6 is 27.5 Å². The van der Waals surface area contributed by atoms with Gasteiger partial charge in [-0.25, -0.2) is 0 Å². The first-order valence-electron chi connectivity index (χ1n) is 6.91. The smallest absolute Gasteiger partial charge is 0.255 e. The summed E-state index contributed by atoms with van der Waals surface area (Å²) < 4.78 is 3.06. The third-order valence-electron chi connectivity index (χ3n) is 4.11. The number of carbonyl (C=O) groups excluding carboxylic acids is 1. The molecule has 0 saturated carbocycles. The molecule has 0 bridgehead atoms. The maximum atomic E-state index is 12.8. The maximum Gasteiger partial charge on any atom is 0.255 e. The quantitative estimate of drug-likeness (QED) is 0.732. The second-order valence-corrected chi connectivity index (χ2v) is 6.64. The van der Waals surface area contributed by atoms with E-state index in [0.717, 1.165) is 11.0 Å². The van der Waals surface area contributed by atoms with E-state index in [0.29, 0.717) is 17.1 Å². The summed E-state index contributed by atoms with van der Waals surface area (Å²) in [4.78, 5) is 14.7. The van der Waals surface area contributed by atoms with Gasteiger partial charge in [-0.15, -0.1) is 0 Å². The van der Waals surface area contributed by atoms with Gasteiger partial charge < -0.3 is 9.47 Å². The minimum absolute atomic E-state index is 0.0157. The van der Waals surface area contributed by atoms with Gasteiger partial charge in [-0.05, 0) is 60.1 Å². The Hall–Kier alpha value is -1.26. The summed E-state index contributed by atoms with van der Waals surface area (Å²) in [5.74, 6) is 0.0157. The van der Waals surface area contributed by atoms with E-state index in [1.165, 1.54) is 11.4 Å². The Morgan fingerprint density at radius 2 is 2.05 bits per heavy atom. The number of nitrogens with zero attached hydrogens (tertiary/aromatic N) is 2. The van der Waals surface area contributed by atoms with Crippen molar-refractivity contribution in [1.29, 1.82) is 0 Å². The van der Waals surface area contributed by atoms with Crippen molar-refractivity contribution in [3.63, 3.8) is 0 Å². The lowest BCUT2D eigenvalue weighted by Crippen LogP contribution is -2.41. The second kappa shape index (κ2) is 5.50. The molecule has 1 aliphatic heterocycles. The van der Waals surface area contributed by atoms with E-state index >= 15 is 0 Å². The van der Waals surface area contributed by atoms with E-state index in [1.54, 1.807) is 12.1 Å². The monoisotopic (exact) mass is 366 g/mol. The van der Waals surface area contributed by atoms with Crippen molar-refractivity contribution in [1.82, 2.24) is 9.47 Å². The van der Waals surface area contributed by atoms with Crippen LogP contribution in [0.4, 0.5) is 0 Å². The predicted molar refractivity (Wildman–Crippen MR) is 87.8 cm³/mol. The van der Waals surface area contributed by atoms with Crippen molar-refractivity contribution in [2.75, 3.05) is 6.54 Å². The molecule has 3 nitrogen and oxygen atoms in total. The van der Waals surface area contributed by atoms with Crippen molar-refractivity contribution in [3.05, 3.63) is 56.8 Å². The fourth-order valence-corrected chi connectivity index (χ4v) is 3.50. The highest BCUT2D eigenvalue weighted by Gasteiger charge is 2.29. The molecule has 2 aromatic rings. The number of rotatable bonds is 1. The summed E-state index contributed by atoms with van der Waals surface area (Å²) in [5, 5.41) is 0.574. The Bertz CT molecular complexity index is 710. The largest absolute Gasteiger partial charge is 0.345 e. The van der Waals surface area contributed by atoms with Crippen LogP contribution in [0, 0.1) is 6.92 Å². The molecular formula is C16H16BrClN2O. The van der Waals surface area contributed by atoms with E-state index in [4.69, 9.17) is 11.6 Å². The molecule has 1 unspecified atom stereocenters. The average Bonchev–Trinajstić information content (AvgIpc) is 2.84. The fourth-order valence-electron chi connectivity index (χ4n) is 2.91. The lowest BCUT2D eigenvalue weighted by molar-refractivity contribution is 0.0642. The van der Waals surface area contributed by atoms with E-state index in [1.807, 2.05) is 11.0 Å². The molecule has 1 atom stereocenters. The van der Waals surface area contributed by atoms with Gasteiger partial charge in [-0.2, -0.15) is 0 Å². The number of benzene rings is 1. The van der Waals surface area contributed by atoms with Crippen molar-refractivity contribution in [2.45, 2.75) is 26.4 Å². The van der Waals surface area contributed by atoms with Crippen molar-refractivity contribution >= 4 is 33.4 Å². The van der Waals surface area contributed by atoms with Gasteiger partial charge in [0.15, 0.2) is 0 Å². The summed E-state index contributed by atoms with van der Waals surface area (Å²) >= 11 is 9.47. The molecule has 110 valence electrons. The first-order valence-corrected chi connectivity index (χ1v) is 8.08. The highest BCUT2D eigenvalue weighted by molar-refractivity contribution is 9.10. The molecule has 0 spiro atoms. The molecule has 1 aromatic heterocycles. The predicted octanol–water partition coefficient (Wildman–Crippen LogP) is 4.43. The van der Waals surface area contributed by atoms with Gasteiger partial charge in [0.2, 0.25) is 0 Å². The Morgan fingerprint density at radius 3 is 2.81 bits per heavy atom. The van der Waals surface area contributed by atoms with Gasteiger partial charge in [-0.3, -0.25) is 4.79 Å². The topological polar surface area (TPSA) is 25.2 Å². The lowest BCUT2D eigenvalue weighted by Gasteiger charge is -2.35. The van der Waals surface area contributed by atoms with Gasteiger partial charge in [0.1, 0.15) is 0 Å². The number of amides is 1. The number of carbonyl (C=O) groups is 1. The third kappa shape index (κ3) is 2.51. The van der Waals surface area contributed by atoms with Crippen molar-refractivity contribution in [3.8, 4) is 0 Å². The van der Waals surface area contributed by atoms with Crippen LogP contribution in [0.5, 0.6) is 0 Å². The summed E-state index contributed by atoms with van der Waals surface area (Å²) in [6.45, 7) is 5.71. The average molecular weight is 368 g/mol. The molecule has 0 radical (unpaired) electrons. The molecule has 1 aliphatic rings. The van der Waals surface area contributed by atoms with Gasteiger partial charge in [0, 0.05) is 34.0 Å². The van der Waals surface area contributed by atoms with E-state index in [2.05, 4.69) is 46.5 Å². The molecule has 0 saturated heterocycles. The first kappa shape index (κ1) is 14.7. The zero-order chi connectivity index (χ0) is 15.1. The lowest BCUT2D eigenvalue weighted by atomic mass is 10.1. The van der Waals surface area contributed by atoms with E-state index < -0.39 is 0 Å². The number of aryl methyl sites for hydroxylation is 1. The maximum absolute atomic E-state index is 12.8. The molecule has 2 heterocycles. The number of halogens is 2. The molecule has 3 rings (SSSR count). The molecule has 5 heteroatoms. The Labute approximate surface area is 137 Å². The zero-order valence-electron chi connectivity index (χ0n) is 11.9. The Kier molecular flexibility index (Phi) is 3.84. The number of hydrogen-bond acceptors (Lipinski definition) is 1. The molecule has 1 amide bonds. The molecule has 21 heavy (non-hydrogen) atoms. The normalized spacial score (nSPS) is 17.7. The Morgan fingerprint density at radius 1 is 1.29 bits per heavy atom. The standard InChI is InChI=1S/C16H16BrClN2O/c1-10-3-6-15-11(2)20(8-7-19(10)15)16(21)13-9-12(18)4-5-14(13)17/h3-6,9,11H,7-8H2,1-2H3. The minimum atomic E-state index is 0.0157. The number of aromatic nitrogens is 1. The summed E-state index contributed by atoms with van der Waals surface area (Å²) in [7, 11) is 0. The third-order valence-corrected chi connectivity index (χ3v) is 5.04. The summed E-state index contributed by atoms with van der Waals surface area (Å²) in [6, 6.07) is 9.58. The number of hydrogen-bond donors (Lipinski definition) is 0. The first-order chi connectivity index (χ1) is 9.99. The SMILES string of the molecule is Cc1ccc2n1CCN(C(=O)c1cc(Cl)ccc1Br)C2C. The summed E-state index contributed by atoms with van der Waals surface area (Å²) in [5.41, 5.74) is 3.05. The fraction of sp³-hybridized carbons (Fsp3) is 0.312. The van der Waals surface area contributed by atoms with E-state index in [-0.39, 0.29) is 11.9 Å². The molecule has 0 aliphatic carbocycles. The van der Waals surface area contributed by atoms with Gasteiger partial charge in [0.05, 0.1) is 11.6 Å². The number of fused-ring (bicyclic) bond motifs is 1. The molecular weight excluding hydrogens is 352 g/mol. The Balaban J connectivity index is 1.95.